The van der Waals surface area contributed by atoms with Gasteiger partial charge in [0.1, 0.15) is 0 Å². The van der Waals surface area contributed by atoms with Crippen molar-refractivity contribution in [2.24, 2.45) is 0 Å². The lowest BCUT2D eigenvalue weighted by atomic mass is 9.88. The summed E-state index contributed by atoms with van der Waals surface area (Å²) in [6.45, 7) is 0.219. The smallest absolute Gasteiger partial charge is 0.252 e. The topological polar surface area (TPSA) is 58.2 Å². The maximum atomic E-state index is 12.6. The minimum atomic E-state index is -0.183. The summed E-state index contributed by atoms with van der Waals surface area (Å²) in [6, 6.07) is 27.2. The third-order valence-electron chi connectivity index (χ3n) is 4.79. The predicted molar refractivity (Wildman–Crippen MR) is 119 cm³/mol. The third-order valence-corrected chi connectivity index (χ3v) is 4.79. The molecule has 3 aromatic rings. The highest BCUT2D eigenvalue weighted by atomic mass is 16.2. The van der Waals surface area contributed by atoms with Crippen molar-refractivity contribution in [3.05, 3.63) is 107 Å². The Balaban J connectivity index is 1.66. The van der Waals surface area contributed by atoms with Gasteiger partial charge in [0, 0.05) is 24.9 Å². The van der Waals surface area contributed by atoms with Gasteiger partial charge < -0.3 is 10.6 Å². The number of amides is 2. The summed E-state index contributed by atoms with van der Waals surface area (Å²) >= 11 is 0. The van der Waals surface area contributed by atoms with Gasteiger partial charge in [0.15, 0.2) is 0 Å². The lowest BCUT2D eigenvalue weighted by Gasteiger charge is -2.17. The van der Waals surface area contributed by atoms with E-state index in [-0.39, 0.29) is 24.3 Å². The molecule has 0 aromatic heterocycles. The number of rotatable bonds is 6. The van der Waals surface area contributed by atoms with Crippen molar-refractivity contribution in [3.8, 4) is 11.8 Å². The molecule has 0 fully saturated rings. The SMILES string of the molecule is CNC(=O)c1ccccc1C#CCNC(=O)CC(c1ccccc1)c1ccccc1. The fraction of sp³-hybridized carbons (Fsp3) is 0.154. The molecule has 0 bridgehead atoms. The van der Waals surface area contributed by atoms with Crippen LogP contribution in [0.15, 0.2) is 84.9 Å². The molecule has 30 heavy (non-hydrogen) atoms. The first-order valence-electron chi connectivity index (χ1n) is 9.85. The van der Waals surface area contributed by atoms with Crippen molar-refractivity contribution in [2.45, 2.75) is 12.3 Å². The molecule has 0 radical (unpaired) electrons. The summed E-state index contributed by atoms with van der Waals surface area (Å²) in [5.74, 6) is 5.65. The maximum Gasteiger partial charge on any atom is 0.252 e. The highest BCUT2D eigenvalue weighted by Crippen LogP contribution is 2.27. The first kappa shape index (κ1) is 20.9. The molecule has 4 heteroatoms. The Hall–Kier alpha value is -3.84. The van der Waals surface area contributed by atoms with Gasteiger partial charge in [-0.3, -0.25) is 9.59 Å². The number of carbonyl (C=O) groups is 2. The van der Waals surface area contributed by atoms with Crippen molar-refractivity contribution in [3.63, 3.8) is 0 Å². The Labute approximate surface area is 177 Å². The van der Waals surface area contributed by atoms with Crippen molar-refractivity contribution >= 4 is 11.8 Å². The Bertz CT molecular complexity index is 1010. The van der Waals surface area contributed by atoms with Gasteiger partial charge in [0.25, 0.3) is 5.91 Å². The quantitative estimate of drug-likeness (QED) is 0.624. The van der Waals surface area contributed by atoms with E-state index in [1.807, 2.05) is 66.7 Å². The van der Waals surface area contributed by atoms with Crippen LogP contribution in [-0.4, -0.2) is 25.4 Å². The minimum Gasteiger partial charge on any atom is -0.355 e. The highest BCUT2D eigenvalue weighted by Gasteiger charge is 2.17. The van der Waals surface area contributed by atoms with E-state index in [1.54, 1.807) is 25.2 Å². The van der Waals surface area contributed by atoms with Crippen LogP contribution < -0.4 is 10.6 Å². The van der Waals surface area contributed by atoms with Gasteiger partial charge in [-0.15, -0.1) is 0 Å². The second-order valence-electron chi connectivity index (χ2n) is 6.78. The van der Waals surface area contributed by atoms with Gasteiger partial charge in [-0.2, -0.15) is 0 Å². The van der Waals surface area contributed by atoms with Gasteiger partial charge in [0.2, 0.25) is 5.91 Å². The van der Waals surface area contributed by atoms with E-state index in [1.165, 1.54) is 0 Å². The van der Waals surface area contributed by atoms with E-state index in [4.69, 9.17) is 0 Å². The van der Waals surface area contributed by atoms with E-state index in [0.717, 1.165) is 11.1 Å². The molecule has 2 amide bonds. The first-order valence-corrected chi connectivity index (χ1v) is 9.85. The second-order valence-corrected chi connectivity index (χ2v) is 6.78. The summed E-state index contributed by atoms with van der Waals surface area (Å²) < 4.78 is 0. The summed E-state index contributed by atoms with van der Waals surface area (Å²) in [7, 11) is 1.59. The Morgan fingerprint density at radius 1 is 0.833 bits per heavy atom. The normalized spacial score (nSPS) is 10.1. The van der Waals surface area contributed by atoms with Gasteiger partial charge in [-0.1, -0.05) is 84.6 Å². The van der Waals surface area contributed by atoms with Crippen LogP contribution in [0.25, 0.3) is 0 Å². The lowest BCUT2D eigenvalue weighted by molar-refractivity contribution is -0.121. The fourth-order valence-corrected chi connectivity index (χ4v) is 3.26. The molecule has 3 rings (SSSR count). The Kier molecular flexibility index (Phi) is 7.40. The monoisotopic (exact) mass is 396 g/mol. The molecule has 0 aliphatic heterocycles. The zero-order chi connectivity index (χ0) is 21.2. The fourth-order valence-electron chi connectivity index (χ4n) is 3.26. The molecule has 0 saturated carbocycles. The van der Waals surface area contributed by atoms with Crippen LogP contribution in [0.5, 0.6) is 0 Å². The third kappa shape index (κ3) is 5.59. The second kappa shape index (κ2) is 10.6. The van der Waals surface area contributed by atoms with Crippen LogP contribution in [0.1, 0.15) is 39.4 Å². The van der Waals surface area contributed by atoms with Gasteiger partial charge >= 0.3 is 0 Å². The molecule has 0 spiro atoms. The predicted octanol–water partition coefficient (Wildman–Crippen LogP) is 3.74. The van der Waals surface area contributed by atoms with E-state index in [9.17, 15) is 9.59 Å². The summed E-state index contributed by atoms with van der Waals surface area (Å²) in [5, 5.41) is 5.48. The van der Waals surface area contributed by atoms with Crippen molar-refractivity contribution < 1.29 is 9.59 Å². The number of carbonyl (C=O) groups excluding carboxylic acids is 2. The van der Waals surface area contributed by atoms with Crippen molar-refractivity contribution in [1.29, 1.82) is 0 Å². The number of nitrogens with one attached hydrogen (secondary N) is 2. The molecule has 2 N–H and O–H groups in total. The molecule has 0 aliphatic carbocycles. The number of hydrogen-bond donors (Lipinski definition) is 2. The number of hydrogen-bond acceptors (Lipinski definition) is 2. The zero-order valence-electron chi connectivity index (χ0n) is 16.9. The van der Waals surface area contributed by atoms with Gasteiger partial charge in [-0.05, 0) is 23.3 Å². The van der Waals surface area contributed by atoms with Crippen molar-refractivity contribution in [2.75, 3.05) is 13.6 Å². The van der Waals surface area contributed by atoms with Crippen LogP contribution in [-0.2, 0) is 4.79 Å². The molecular formula is C26H24N2O2. The molecule has 3 aromatic carbocycles. The van der Waals surface area contributed by atoms with E-state index >= 15 is 0 Å². The van der Waals surface area contributed by atoms with Crippen molar-refractivity contribution in [1.82, 2.24) is 10.6 Å². The highest BCUT2D eigenvalue weighted by molar-refractivity contribution is 5.96. The standard InChI is InChI=1S/C26H24N2O2/c1-27-26(30)23-17-9-8-15-20(23)16-10-18-28-25(29)19-24(21-11-4-2-5-12-21)22-13-6-3-7-14-22/h2-9,11-15,17,24H,18-19H2,1H3,(H,27,30)(H,28,29). The summed E-state index contributed by atoms with van der Waals surface area (Å²) in [6.07, 6.45) is 0.338. The molecule has 150 valence electrons. The van der Waals surface area contributed by atoms with Crippen LogP contribution in [0, 0.1) is 11.8 Å². The molecule has 0 saturated heterocycles. The first-order chi connectivity index (χ1) is 14.7. The minimum absolute atomic E-state index is 0.0191. The number of benzene rings is 3. The summed E-state index contributed by atoms with van der Waals surface area (Å²) in [5.41, 5.74) is 3.36. The van der Waals surface area contributed by atoms with Gasteiger partial charge in [-0.25, -0.2) is 0 Å². The Morgan fingerprint density at radius 2 is 1.40 bits per heavy atom. The van der Waals surface area contributed by atoms with Gasteiger partial charge in [0.05, 0.1) is 12.1 Å². The molecule has 0 heterocycles. The Morgan fingerprint density at radius 3 is 2.00 bits per heavy atom. The van der Waals surface area contributed by atoms with Crippen LogP contribution in [0.4, 0.5) is 0 Å². The largest absolute Gasteiger partial charge is 0.355 e. The van der Waals surface area contributed by atoms with E-state index < -0.39 is 0 Å². The molecule has 4 nitrogen and oxygen atoms in total. The van der Waals surface area contributed by atoms with Crippen LogP contribution >= 0.6 is 0 Å². The average molecular weight is 396 g/mol. The van der Waals surface area contributed by atoms with Crippen LogP contribution in [0.2, 0.25) is 0 Å². The zero-order valence-corrected chi connectivity index (χ0v) is 16.9. The molecular weight excluding hydrogens is 372 g/mol. The molecule has 0 atom stereocenters. The van der Waals surface area contributed by atoms with E-state index in [2.05, 4.69) is 22.5 Å². The summed E-state index contributed by atoms with van der Waals surface area (Å²) in [4.78, 5) is 24.5. The molecule has 0 unspecified atom stereocenters. The van der Waals surface area contributed by atoms with Crippen LogP contribution in [0.3, 0.4) is 0 Å². The maximum absolute atomic E-state index is 12.6. The molecule has 0 aliphatic rings. The van der Waals surface area contributed by atoms with E-state index in [0.29, 0.717) is 17.5 Å². The average Bonchev–Trinajstić information content (AvgIpc) is 2.81. The lowest BCUT2D eigenvalue weighted by Crippen LogP contribution is -2.25.